The van der Waals surface area contributed by atoms with Crippen LogP contribution in [-0.4, -0.2) is 39.6 Å². The van der Waals surface area contributed by atoms with Crippen LogP contribution in [0.25, 0.3) is 17.4 Å². The zero-order valence-electron chi connectivity index (χ0n) is 15.7. The summed E-state index contributed by atoms with van der Waals surface area (Å²) in [5.74, 6) is 2.32. The number of hydrogen-bond donors (Lipinski definition) is 0. The van der Waals surface area contributed by atoms with E-state index in [2.05, 4.69) is 51.0 Å². The van der Waals surface area contributed by atoms with Crippen LogP contribution >= 0.6 is 11.6 Å². The van der Waals surface area contributed by atoms with Crippen molar-refractivity contribution in [3.63, 3.8) is 0 Å². The van der Waals surface area contributed by atoms with Crippen molar-refractivity contribution < 1.29 is 0 Å². The Bertz CT molecular complexity index is 1080. The van der Waals surface area contributed by atoms with Gasteiger partial charge in [-0.3, -0.25) is 0 Å². The Labute approximate surface area is 161 Å². The summed E-state index contributed by atoms with van der Waals surface area (Å²) in [6.07, 6.45) is 1.71. The van der Waals surface area contributed by atoms with E-state index in [0.717, 1.165) is 28.6 Å². The van der Waals surface area contributed by atoms with Crippen LogP contribution in [0.3, 0.4) is 0 Å². The van der Waals surface area contributed by atoms with E-state index in [1.165, 1.54) is 0 Å². The lowest BCUT2D eigenvalue weighted by atomic mass is 10.2. The Hall–Kier alpha value is -2.87. The van der Waals surface area contributed by atoms with Gasteiger partial charge in [-0.05, 0) is 30.3 Å². The van der Waals surface area contributed by atoms with Gasteiger partial charge in [0.15, 0.2) is 22.9 Å². The van der Waals surface area contributed by atoms with Crippen molar-refractivity contribution in [3.05, 3.63) is 53.3 Å². The molecule has 0 aliphatic carbocycles. The van der Waals surface area contributed by atoms with E-state index in [1.54, 1.807) is 27.2 Å². The Morgan fingerprint density at radius 3 is 1.85 bits per heavy atom. The molecule has 0 unspecified atom stereocenters. The third-order valence-electron chi connectivity index (χ3n) is 3.80. The molecule has 4 aromatic heterocycles. The lowest BCUT2D eigenvalue weighted by Gasteiger charge is -2.01. The minimum atomic E-state index is 0.293. The number of aromatic nitrogens is 8. The van der Waals surface area contributed by atoms with E-state index in [0.29, 0.717) is 17.0 Å². The van der Waals surface area contributed by atoms with Gasteiger partial charge in [0.2, 0.25) is 0 Å². The Balaban J connectivity index is 0.000000156. The average Bonchev–Trinajstić information content (AvgIpc) is 3.25. The quantitative estimate of drug-likeness (QED) is 0.534. The van der Waals surface area contributed by atoms with Gasteiger partial charge >= 0.3 is 0 Å². The smallest absolute Gasteiger partial charge is 0.178 e. The molecule has 0 saturated carbocycles. The van der Waals surface area contributed by atoms with Crippen LogP contribution in [0, 0.1) is 0 Å². The zero-order chi connectivity index (χ0) is 19.6. The van der Waals surface area contributed by atoms with Gasteiger partial charge in [0.05, 0.1) is 5.69 Å². The second kappa shape index (κ2) is 7.79. The predicted octanol–water partition coefficient (Wildman–Crippen LogP) is 3.79. The standard InChI is InChI=1S/C10H12N4.C8H9ClN4/c1-4-8-5-6-9-11-12-10(7(2)3)14(9)13-8;1-5(2)8-11-10-7-4-3-6(9)12-13(7)8/h4-7H,1H2,2-3H3;3-5H,1-2H3. The van der Waals surface area contributed by atoms with Crippen LogP contribution in [0.1, 0.15) is 56.9 Å². The highest BCUT2D eigenvalue weighted by Gasteiger charge is 2.10. The molecule has 0 N–H and O–H groups in total. The maximum Gasteiger partial charge on any atom is 0.178 e. The fraction of sp³-hybridized carbons (Fsp3) is 0.333. The number of rotatable bonds is 3. The van der Waals surface area contributed by atoms with Crippen molar-refractivity contribution in [3.8, 4) is 0 Å². The molecule has 0 aliphatic rings. The van der Waals surface area contributed by atoms with Gasteiger partial charge < -0.3 is 0 Å². The summed E-state index contributed by atoms with van der Waals surface area (Å²) in [6, 6.07) is 7.27. The molecule has 4 rings (SSSR count). The molecule has 0 radical (unpaired) electrons. The molecule has 4 aromatic rings. The molecule has 0 amide bonds. The molecule has 4 heterocycles. The SMILES string of the molecule is C=Cc1ccc2nnc(C(C)C)n2n1.CC(C)c1nnc2ccc(Cl)nn12. The van der Waals surface area contributed by atoms with Gasteiger partial charge in [0.25, 0.3) is 0 Å². The van der Waals surface area contributed by atoms with Crippen LogP contribution in [0.5, 0.6) is 0 Å². The van der Waals surface area contributed by atoms with Crippen molar-refractivity contribution in [1.82, 2.24) is 39.6 Å². The molecule has 0 atom stereocenters. The minimum Gasteiger partial charge on any atom is -0.197 e. The summed E-state index contributed by atoms with van der Waals surface area (Å²) < 4.78 is 3.44. The molecule has 9 heteroatoms. The zero-order valence-corrected chi connectivity index (χ0v) is 16.5. The van der Waals surface area contributed by atoms with Crippen molar-refractivity contribution in [2.24, 2.45) is 0 Å². The summed E-state index contributed by atoms with van der Waals surface area (Å²) in [6.45, 7) is 11.9. The van der Waals surface area contributed by atoms with E-state index < -0.39 is 0 Å². The summed E-state index contributed by atoms with van der Waals surface area (Å²) in [4.78, 5) is 0. The summed E-state index contributed by atoms with van der Waals surface area (Å²) >= 11 is 5.76. The van der Waals surface area contributed by atoms with Crippen LogP contribution in [0.2, 0.25) is 5.15 Å². The number of hydrogen-bond acceptors (Lipinski definition) is 6. The summed E-state index contributed by atoms with van der Waals surface area (Å²) in [5.41, 5.74) is 2.34. The van der Waals surface area contributed by atoms with Crippen molar-refractivity contribution in [2.45, 2.75) is 39.5 Å². The maximum atomic E-state index is 5.76. The molecule has 0 saturated heterocycles. The largest absolute Gasteiger partial charge is 0.197 e. The topological polar surface area (TPSA) is 86.2 Å². The molecule has 0 bridgehead atoms. The van der Waals surface area contributed by atoms with Gasteiger partial charge in [-0.2, -0.15) is 19.2 Å². The molecule has 27 heavy (non-hydrogen) atoms. The van der Waals surface area contributed by atoms with E-state index in [1.807, 2.05) is 26.0 Å². The number of halogens is 1. The average molecular weight is 385 g/mol. The van der Waals surface area contributed by atoms with E-state index in [9.17, 15) is 0 Å². The molecule has 0 spiro atoms. The van der Waals surface area contributed by atoms with Gasteiger partial charge in [-0.25, -0.2) is 0 Å². The van der Waals surface area contributed by atoms with E-state index in [4.69, 9.17) is 11.6 Å². The first-order valence-corrected chi connectivity index (χ1v) is 9.01. The van der Waals surface area contributed by atoms with Gasteiger partial charge in [-0.1, -0.05) is 45.9 Å². The Morgan fingerprint density at radius 1 is 0.815 bits per heavy atom. The number of nitrogens with zero attached hydrogens (tertiary/aromatic N) is 8. The molecule has 140 valence electrons. The molecule has 0 aromatic carbocycles. The Kier molecular flexibility index (Phi) is 5.46. The molecule has 0 aliphatic heterocycles. The first kappa shape index (κ1) is 18.9. The minimum absolute atomic E-state index is 0.293. The highest BCUT2D eigenvalue weighted by atomic mass is 35.5. The monoisotopic (exact) mass is 384 g/mol. The van der Waals surface area contributed by atoms with Gasteiger partial charge in [0, 0.05) is 11.8 Å². The van der Waals surface area contributed by atoms with Crippen LogP contribution in [-0.2, 0) is 0 Å². The predicted molar refractivity (Wildman–Crippen MR) is 105 cm³/mol. The fourth-order valence-corrected chi connectivity index (χ4v) is 2.57. The van der Waals surface area contributed by atoms with Crippen molar-refractivity contribution >= 4 is 29.0 Å². The third-order valence-corrected chi connectivity index (χ3v) is 4.01. The molecule has 0 fully saturated rings. The van der Waals surface area contributed by atoms with E-state index >= 15 is 0 Å². The first-order chi connectivity index (χ1) is 12.9. The van der Waals surface area contributed by atoms with Crippen molar-refractivity contribution in [1.29, 1.82) is 0 Å². The second-order valence-corrected chi connectivity index (χ2v) is 6.97. The lowest BCUT2D eigenvalue weighted by Crippen LogP contribution is -2.01. The maximum absolute atomic E-state index is 5.76. The van der Waals surface area contributed by atoms with Gasteiger partial charge in [0.1, 0.15) is 5.15 Å². The van der Waals surface area contributed by atoms with Gasteiger partial charge in [-0.15, -0.1) is 20.4 Å². The normalized spacial score (nSPS) is 11.2. The molecule has 8 nitrogen and oxygen atoms in total. The highest BCUT2D eigenvalue weighted by Crippen LogP contribution is 2.14. The second-order valence-electron chi connectivity index (χ2n) is 6.58. The lowest BCUT2D eigenvalue weighted by molar-refractivity contribution is 0.719. The summed E-state index contributed by atoms with van der Waals surface area (Å²) in [7, 11) is 0. The van der Waals surface area contributed by atoms with Crippen LogP contribution < -0.4 is 0 Å². The Morgan fingerprint density at radius 2 is 1.33 bits per heavy atom. The number of fused-ring (bicyclic) bond motifs is 2. The molecular weight excluding hydrogens is 364 g/mol. The third kappa shape index (κ3) is 3.95. The van der Waals surface area contributed by atoms with Crippen LogP contribution in [0.4, 0.5) is 0 Å². The van der Waals surface area contributed by atoms with Crippen molar-refractivity contribution in [2.75, 3.05) is 0 Å². The van der Waals surface area contributed by atoms with E-state index in [-0.39, 0.29) is 0 Å². The highest BCUT2D eigenvalue weighted by molar-refractivity contribution is 6.29. The first-order valence-electron chi connectivity index (χ1n) is 8.63. The van der Waals surface area contributed by atoms with Crippen LogP contribution in [0.15, 0.2) is 30.8 Å². The molecular formula is C18H21ClN8. The fourth-order valence-electron chi connectivity index (χ4n) is 2.43. The summed E-state index contributed by atoms with van der Waals surface area (Å²) in [5, 5.41) is 25.0.